The van der Waals surface area contributed by atoms with Crippen molar-refractivity contribution in [2.75, 3.05) is 17.7 Å². The molecule has 1 fully saturated rings. The van der Waals surface area contributed by atoms with Gasteiger partial charge in [0.15, 0.2) is 0 Å². The first kappa shape index (κ1) is 17.6. The van der Waals surface area contributed by atoms with Gasteiger partial charge in [0.25, 0.3) is 0 Å². The first-order chi connectivity index (χ1) is 11.9. The minimum Gasteiger partial charge on any atom is -0.477 e. The molecular weight excluding hydrogens is 370 g/mol. The normalized spacial score (nSPS) is 22.2. The molecule has 8 nitrogen and oxygen atoms in total. The molecule has 0 bridgehead atoms. The molecule has 10 heteroatoms. The monoisotopic (exact) mass is 383 g/mol. The summed E-state index contributed by atoms with van der Waals surface area (Å²) in [4.78, 5) is 36.3. The van der Waals surface area contributed by atoms with E-state index >= 15 is 0 Å². The number of hydrogen-bond donors (Lipinski definition) is 3. The fraction of sp³-hybridized carbons (Fsp3) is 0.267. The lowest BCUT2D eigenvalue weighted by Gasteiger charge is -2.47. The van der Waals surface area contributed by atoms with Gasteiger partial charge in [0.05, 0.1) is 0 Å². The van der Waals surface area contributed by atoms with E-state index in [1.165, 1.54) is 11.8 Å². The number of nitrogens with one attached hydrogen (secondary N) is 1. The Hall–Kier alpha value is -2.23. The van der Waals surface area contributed by atoms with Gasteiger partial charge in [-0.15, -0.1) is 11.8 Å². The number of fused-ring (bicyclic) bond motifs is 1. The number of benzene rings is 1. The van der Waals surface area contributed by atoms with Crippen molar-refractivity contribution in [1.29, 1.82) is 0 Å². The van der Waals surface area contributed by atoms with Crippen molar-refractivity contribution in [3.05, 3.63) is 40.6 Å². The van der Waals surface area contributed by atoms with E-state index in [9.17, 15) is 19.5 Å². The number of carboxylic acid groups (broad SMARTS) is 1. The second-order valence-electron chi connectivity index (χ2n) is 5.40. The predicted molar refractivity (Wildman–Crippen MR) is 92.2 cm³/mol. The van der Waals surface area contributed by atoms with Crippen LogP contribution in [-0.2, 0) is 14.3 Å². The van der Waals surface area contributed by atoms with E-state index in [1.54, 1.807) is 24.3 Å². The van der Waals surface area contributed by atoms with Crippen LogP contribution in [0.5, 0.6) is 0 Å². The number of carbonyl (C=O) groups is 3. The molecule has 1 saturated heterocycles. The Bertz CT molecular complexity index is 784. The van der Waals surface area contributed by atoms with Crippen molar-refractivity contribution in [3.63, 3.8) is 0 Å². The van der Waals surface area contributed by atoms with Gasteiger partial charge in [-0.1, -0.05) is 17.7 Å². The number of rotatable bonds is 4. The number of nitrogens with zero attached hydrogens (tertiary/aromatic N) is 1. The van der Waals surface area contributed by atoms with E-state index < -0.39 is 24.0 Å². The highest BCUT2D eigenvalue weighted by Crippen LogP contribution is 2.39. The zero-order chi connectivity index (χ0) is 18.1. The Kier molecular flexibility index (Phi) is 4.89. The molecule has 25 heavy (non-hydrogen) atoms. The summed E-state index contributed by atoms with van der Waals surface area (Å²) in [6.45, 7) is -0.243. The maximum Gasteiger partial charge on any atom is 0.411 e. The number of anilines is 1. The van der Waals surface area contributed by atoms with E-state index in [1.807, 2.05) is 0 Å². The van der Waals surface area contributed by atoms with Crippen LogP contribution < -0.4 is 11.1 Å². The summed E-state index contributed by atoms with van der Waals surface area (Å²) in [5.41, 5.74) is 6.30. The minimum absolute atomic E-state index is 0.161. The highest BCUT2D eigenvalue weighted by atomic mass is 35.5. The third-order valence-corrected chi connectivity index (χ3v) is 5.34. The average Bonchev–Trinajstić information content (AvgIpc) is 2.58. The highest BCUT2D eigenvalue weighted by Gasteiger charge is 2.51. The highest BCUT2D eigenvalue weighted by molar-refractivity contribution is 8.00. The lowest BCUT2D eigenvalue weighted by molar-refractivity contribution is -0.148. The van der Waals surface area contributed by atoms with Gasteiger partial charge in [-0.2, -0.15) is 0 Å². The zero-order valence-corrected chi connectivity index (χ0v) is 14.3. The summed E-state index contributed by atoms with van der Waals surface area (Å²) < 4.78 is 5.08. The van der Waals surface area contributed by atoms with Crippen molar-refractivity contribution in [2.45, 2.75) is 11.4 Å². The topological polar surface area (TPSA) is 122 Å². The number of aliphatic carboxylic acids is 1. The molecule has 0 spiro atoms. The first-order valence-electron chi connectivity index (χ1n) is 7.23. The fourth-order valence-corrected chi connectivity index (χ4v) is 4.03. The molecule has 0 aromatic heterocycles. The van der Waals surface area contributed by atoms with E-state index in [2.05, 4.69) is 5.32 Å². The molecule has 2 aliphatic rings. The summed E-state index contributed by atoms with van der Waals surface area (Å²) in [6, 6.07) is 5.81. The SMILES string of the molecule is NC1C(=O)N2C(C(=O)O)=C(COC(=O)Nc3cccc(Cl)c3)CS[C@@H]12. The van der Waals surface area contributed by atoms with Crippen LogP contribution in [0.4, 0.5) is 10.5 Å². The van der Waals surface area contributed by atoms with Gasteiger partial charge < -0.3 is 15.6 Å². The molecule has 2 amide bonds. The largest absolute Gasteiger partial charge is 0.477 e. The molecular formula is C15H14ClN3O5S. The molecule has 2 atom stereocenters. The van der Waals surface area contributed by atoms with E-state index in [0.29, 0.717) is 22.0 Å². The number of carbonyl (C=O) groups excluding carboxylic acids is 2. The quantitative estimate of drug-likeness (QED) is 0.673. The first-order valence-corrected chi connectivity index (χ1v) is 8.66. The third-order valence-electron chi connectivity index (χ3n) is 3.74. The lowest BCUT2D eigenvalue weighted by Crippen LogP contribution is -2.68. The predicted octanol–water partition coefficient (Wildman–Crippen LogP) is 1.47. The van der Waals surface area contributed by atoms with Crippen molar-refractivity contribution >= 4 is 47.0 Å². The van der Waals surface area contributed by atoms with Crippen molar-refractivity contribution < 1.29 is 24.2 Å². The number of nitrogens with two attached hydrogens (primary N) is 1. The van der Waals surface area contributed by atoms with E-state index in [4.69, 9.17) is 22.1 Å². The van der Waals surface area contributed by atoms with Crippen LogP contribution in [0.25, 0.3) is 0 Å². The van der Waals surface area contributed by atoms with Gasteiger partial charge in [0.1, 0.15) is 23.7 Å². The van der Waals surface area contributed by atoms with Crippen molar-refractivity contribution in [3.8, 4) is 0 Å². The molecule has 2 aliphatic heterocycles. The van der Waals surface area contributed by atoms with Gasteiger partial charge in [-0.25, -0.2) is 9.59 Å². The Morgan fingerprint density at radius 3 is 2.92 bits per heavy atom. The van der Waals surface area contributed by atoms with E-state index in [-0.39, 0.29) is 17.7 Å². The Labute approximate surface area is 151 Å². The molecule has 0 saturated carbocycles. The number of halogens is 1. The van der Waals surface area contributed by atoms with Crippen molar-refractivity contribution in [2.24, 2.45) is 5.73 Å². The number of ether oxygens (including phenoxy) is 1. The smallest absolute Gasteiger partial charge is 0.411 e. The molecule has 3 rings (SSSR count). The van der Waals surface area contributed by atoms with Crippen LogP contribution in [0.15, 0.2) is 35.5 Å². The molecule has 0 aliphatic carbocycles. The average molecular weight is 384 g/mol. The summed E-state index contributed by atoms with van der Waals surface area (Å²) in [7, 11) is 0. The number of hydrogen-bond acceptors (Lipinski definition) is 6. The summed E-state index contributed by atoms with van der Waals surface area (Å²) in [5.74, 6) is -1.39. The molecule has 2 heterocycles. The Morgan fingerprint density at radius 1 is 1.48 bits per heavy atom. The van der Waals surface area contributed by atoms with Crippen LogP contribution in [0, 0.1) is 0 Å². The summed E-state index contributed by atoms with van der Waals surface area (Å²) in [6.07, 6.45) is -0.752. The molecule has 1 aromatic rings. The van der Waals surface area contributed by atoms with Crippen LogP contribution in [-0.4, -0.2) is 51.8 Å². The zero-order valence-electron chi connectivity index (χ0n) is 12.8. The van der Waals surface area contributed by atoms with Gasteiger partial charge in [0, 0.05) is 22.0 Å². The standard InChI is InChI=1S/C15H14ClN3O5S/c16-8-2-1-3-9(4-8)18-15(23)24-5-7-6-25-13-10(17)12(20)19(13)11(7)14(21)22/h1-4,10,13H,5-6,17H2,(H,18,23)(H,21,22)/t10?,13-/m0/s1. The second-order valence-corrected chi connectivity index (χ2v) is 6.95. The summed E-state index contributed by atoms with van der Waals surface area (Å²) in [5, 5.41) is 12.0. The number of β-lactam (4-membered cyclic amide) rings is 1. The maximum absolute atomic E-state index is 11.9. The molecule has 1 aromatic carbocycles. The Balaban J connectivity index is 1.67. The van der Waals surface area contributed by atoms with Gasteiger partial charge >= 0.3 is 12.1 Å². The number of carboxylic acids is 1. The summed E-state index contributed by atoms with van der Waals surface area (Å²) >= 11 is 7.17. The van der Waals surface area contributed by atoms with Crippen LogP contribution in [0.3, 0.4) is 0 Å². The van der Waals surface area contributed by atoms with Crippen molar-refractivity contribution in [1.82, 2.24) is 4.90 Å². The van der Waals surface area contributed by atoms with Gasteiger partial charge in [-0.05, 0) is 18.2 Å². The molecule has 1 unspecified atom stereocenters. The molecule has 4 N–H and O–H groups in total. The van der Waals surface area contributed by atoms with Crippen LogP contribution in [0.1, 0.15) is 0 Å². The molecule has 132 valence electrons. The molecule has 0 radical (unpaired) electrons. The fourth-order valence-electron chi connectivity index (χ4n) is 2.56. The minimum atomic E-state index is -1.25. The number of amides is 2. The third kappa shape index (κ3) is 3.44. The van der Waals surface area contributed by atoms with Crippen LogP contribution in [0.2, 0.25) is 5.02 Å². The maximum atomic E-state index is 11.9. The lowest BCUT2D eigenvalue weighted by atomic mass is 10.0. The van der Waals surface area contributed by atoms with Gasteiger partial charge in [-0.3, -0.25) is 15.0 Å². The van der Waals surface area contributed by atoms with Crippen LogP contribution >= 0.6 is 23.4 Å². The second kappa shape index (κ2) is 6.95. The Morgan fingerprint density at radius 2 is 2.24 bits per heavy atom. The van der Waals surface area contributed by atoms with E-state index in [0.717, 1.165) is 4.90 Å². The number of thioether (sulfide) groups is 1. The van der Waals surface area contributed by atoms with Gasteiger partial charge in [0.2, 0.25) is 5.91 Å².